The van der Waals surface area contributed by atoms with Gasteiger partial charge >= 0.3 is 0 Å². The second-order valence-electron chi connectivity index (χ2n) is 8.71. The van der Waals surface area contributed by atoms with Gasteiger partial charge in [-0.3, -0.25) is 9.59 Å². The molecular weight excluding hydrogens is 392 g/mol. The summed E-state index contributed by atoms with van der Waals surface area (Å²) in [6, 6.07) is 5.39. The number of nitrogens with zero attached hydrogens (tertiary/aromatic N) is 2. The molecule has 29 heavy (non-hydrogen) atoms. The second-order valence-corrected chi connectivity index (χ2v) is 10.9. The van der Waals surface area contributed by atoms with Crippen LogP contribution in [-0.4, -0.2) is 53.9 Å². The van der Waals surface area contributed by atoms with Crippen molar-refractivity contribution < 1.29 is 18.0 Å². The summed E-state index contributed by atoms with van der Waals surface area (Å²) in [4.78, 5) is 25.1. The van der Waals surface area contributed by atoms with E-state index in [0.717, 1.165) is 11.9 Å². The summed E-state index contributed by atoms with van der Waals surface area (Å²) >= 11 is 0. The molecule has 0 bridgehead atoms. The Balaban J connectivity index is 1.32. The van der Waals surface area contributed by atoms with Crippen molar-refractivity contribution in [3.8, 4) is 0 Å². The van der Waals surface area contributed by atoms with Crippen molar-refractivity contribution in [2.24, 2.45) is 17.3 Å². The number of carbonyl (C=O) groups is 2. The van der Waals surface area contributed by atoms with Gasteiger partial charge in [-0.2, -0.15) is 5.10 Å². The molecular formula is C20H26N4O4S. The van der Waals surface area contributed by atoms with E-state index < -0.39 is 15.8 Å². The van der Waals surface area contributed by atoms with Crippen LogP contribution >= 0.6 is 0 Å². The number of rotatable bonds is 5. The Morgan fingerprint density at radius 3 is 2.79 bits per heavy atom. The zero-order chi connectivity index (χ0) is 20.8. The molecule has 3 heterocycles. The largest absolute Gasteiger partial charge is 0.356 e. The van der Waals surface area contributed by atoms with E-state index >= 15 is 0 Å². The molecule has 2 aromatic rings. The highest BCUT2D eigenvalue weighted by molar-refractivity contribution is 7.91. The van der Waals surface area contributed by atoms with Gasteiger partial charge < -0.3 is 10.6 Å². The minimum atomic E-state index is -3.07. The molecule has 0 aromatic carbocycles. The number of sulfone groups is 1. The third kappa shape index (κ3) is 3.75. The van der Waals surface area contributed by atoms with Gasteiger partial charge in [-0.15, -0.1) is 0 Å². The zero-order valence-electron chi connectivity index (χ0n) is 16.6. The summed E-state index contributed by atoms with van der Waals surface area (Å²) in [5, 5.41) is 10.2. The Kier molecular flexibility index (Phi) is 4.88. The van der Waals surface area contributed by atoms with Crippen LogP contribution in [-0.2, 0) is 14.6 Å². The van der Waals surface area contributed by atoms with Gasteiger partial charge in [-0.1, -0.05) is 13.8 Å². The van der Waals surface area contributed by atoms with Crippen molar-refractivity contribution in [3.05, 3.63) is 36.2 Å². The number of amides is 2. The van der Waals surface area contributed by atoms with Crippen LogP contribution in [0.1, 0.15) is 37.0 Å². The molecule has 0 radical (unpaired) electrons. The van der Waals surface area contributed by atoms with E-state index in [1.54, 1.807) is 29.0 Å². The lowest BCUT2D eigenvalue weighted by Crippen LogP contribution is -2.61. The van der Waals surface area contributed by atoms with E-state index in [0.29, 0.717) is 18.5 Å². The van der Waals surface area contributed by atoms with Crippen LogP contribution in [0, 0.1) is 17.3 Å². The summed E-state index contributed by atoms with van der Waals surface area (Å²) in [7, 11) is -3.07. The molecule has 2 aromatic heterocycles. The Hall–Kier alpha value is -2.42. The maximum Gasteiger partial charge on any atom is 0.253 e. The average molecular weight is 419 g/mol. The smallest absolute Gasteiger partial charge is 0.253 e. The molecule has 1 aliphatic heterocycles. The number of nitrogens with one attached hydrogen (secondary N) is 2. The molecule has 2 N–H and O–H groups in total. The SMILES string of the molecule is CC1(C)C(CNC(=O)C2CCS(=O)(=O)C2)CC1NC(=O)c1cccn2nccc12. The van der Waals surface area contributed by atoms with Crippen LogP contribution in [0.4, 0.5) is 0 Å². The van der Waals surface area contributed by atoms with E-state index in [2.05, 4.69) is 29.6 Å². The topological polar surface area (TPSA) is 110 Å². The lowest BCUT2D eigenvalue weighted by atomic mass is 9.58. The minimum Gasteiger partial charge on any atom is -0.356 e. The molecule has 3 atom stereocenters. The molecule has 2 amide bonds. The molecule has 1 aliphatic carbocycles. The maximum absolute atomic E-state index is 12.8. The van der Waals surface area contributed by atoms with Crippen molar-refractivity contribution in [1.82, 2.24) is 20.2 Å². The molecule has 3 unspecified atom stereocenters. The van der Waals surface area contributed by atoms with Crippen LogP contribution < -0.4 is 10.6 Å². The van der Waals surface area contributed by atoms with Gasteiger partial charge in [0.25, 0.3) is 5.91 Å². The summed E-state index contributed by atoms with van der Waals surface area (Å²) in [6.45, 7) is 4.66. The van der Waals surface area contributed by atoms with Gasteiger partial charge in [-0.25, -0.2) is 12.9 Å². The lowest BCUT2D eigenvalue weighted by Gasteiger charge is -2.52. The van der Waals surface area contributed by atoms with Crippen molar-refractivity contribution in [1.29, 1.82) is 0 Å². The highest BCUT2D eigenvalue weighted by Gasteiger charge is 2.49. The summed E-state index contributed by atoms with van der Waals surface area (Å²) < 4.78 is 24.8. The van der Waals surface area contributed by atoms with Crippen LogP contribution in [0.3, 0.4) is 0 Å². The number of carbonyl (C=O) groups excluding carboxylic acids is 2. The van der Waals surface area contributed by atoms with E-state index in [1.165, 1.54) is 0 Å². The molecule has 9 heteroatoms. The maximum atomic E-state index is 12.8. The standard InChI is InChI=1S/C20H26N4O4S/c1-20(2)14(11-21-18(25)13-6-9-29(27,28)12-13)10-17(20)23-19(26)15-4-3-8-24-16(15)5-7-22-24/h3-5,7-8,13-14,17H,6,9-12H2,1-2H3,(H,21,25)(H,23,26). The monoisotopic (exact) mass is 418 g/mol. The van der Waals surface area contributed by atoms with Crippen molar-refractivity contribution in [2.45, 2.75) is 32.7 Å². The number of aromatic nitrogens is 2. The highest BCUT2D eigenvalue weighted by atomic mass is 32.2. The predicted molar refractivity (Wildman–Crippen MR) is 108 cm³/mol. The van der Waals surface area contributed by atoms with Gasteiger partial charge in [0.1, 0.15) is 0 Å². The Labute approximate surface area is 170 Å². The highest BCUT2D eigenvalue weighted by Crippen LogP contribution is 2.46. The third-order valence-corrected chi connectivity index (χ3v) is 8.35. The van der Waals surface area contributed by atoms with Gasteiger partial charge in [0.2, 0.25) is 5.91 Å². The Morgan fingerprint density at radius 2 is 2.10 bits per heavy atom. The van der Waals surface area contributed by atoms with E-state index in [9.17, 15) is 18.0 Å². The summed E-state index contributed by atoms with van der Waals surface area (Å²) in [5.41, 5.74) is 1.17. The summed E-state index contributed by atoms with van der Waals surface area (Å²) in [6.07, 6.45) is 4.63. The van der Waals surface area contributed by atoms with E-state index in [-0.39, 0.29) is 40.7 Å². The molecule has 1 saturated heterocycles. The van der Waals surface area contributed by atoms with Crippen molar-refractivity contribution >= 4 is 27.2 Å². The van der Waals surface area contributed by atoms with Crippen LogP contribution in [0.25, 0.3) is 5.52 Å². The lowest BCUT2D eigenvalue weighted by molar-refractivity contribution is -0.125. The molecule has 2 aliphatic rings. The molecule has 0 spiro atoms. The zero-order valence-corrected chi connectivity index (χ0v) is 17.4. The van der Waals surface area contributed by atoms with Gasteiger partial charge in [-0.05, 0) is 42.4 Å². The summed E-state index contributed by atoms with van der Waals surface area (Å²) in [5.74, 6) is -0.478. The van der Waals surface area contributed by atoms with E-state index in [1.807, 2.05) is 6.07 Å². The van der Waals surface area contributed by atoms with E-state index in [4.69, 9.17) is 0 Å². The predicted octanol–water partition coefficient (Wildman–Crippen LogP) is 1.03. The first-order valence-electron chi connectivity index (χ1n) is 9.89. The average Bonchev–Trinajstić information content (AvgIpc) is 3.29. The fraction of sp³-hybridized carbons (Fsp3) is 0.550. The molecule has 156 valence electrons. The third-order valence-electron chi connectivity index (χ3n) is 6.58. The first kappa shape index (κ1) is 19.9. The Morgan fingerprint density at radius 1 is 1.31 bits per heavy atom. The first-order chi connectivity index (χ1) is 13.7. The molecule has 2 fully saturated rings. The van der Waals surface area contributed by atoms with Crippen LogP contribution in [0.2, 0.25) is 0 Å². The minimum absolute atomic E-state index is 0.00642. The van der Waals surface area contributed by atoms with Gasteiger partial charge in [0.05, 0.1) is 34.7 Å². The molecule has 8 nitrogen and oxygen atoms in total. The number of hydrogen-bond donors (Lipinski definition) is 2. The number of fused-ring (bicyclic) bond motifs is 1. The molecule has 4 rings (SSSR count). The Bertz CT molecular complexity index is 1060. The van der Waals surface area contributed by atoms with Crippen molar-refractivity contribution in [2.75, 3.05) is 18.1 Å². The first-order valence-corrected chi connectivity index (χ1v) is 11.7. The van der Waals surface area contributed by atoms with Crippen LogP contribution in [0.15, 0.2) is 30.6 Å². The van der Waals surface area contributed by atoms with Gasteiger partial charge in [0, 0.05) is 18.8 Å². The quantitative estimate of drug-likeness (QED) is 0.754. The van der Waals surface area contributed by atoms with Crippen LogP contribution in [0.5, 0.6) is 0 Å². The number of hydrogen-bond acceptors (Lipinski definition) is 5. The number of pyridine rings is 1. The second kappa shape index (κ2) is 7.12. The van der Waals surface area contributed by atoms with Gasteiger partial charge in [0.15, 0.2) is 9.84 Å². The fourth-order valence-corrected chi connectivity index (χ4v) is 6.10. The fourth-order valence-electron chi connectivity index (χ4n) is 4.36. The van der Waals surface area contributed by atoms with Crippen molar-refractivity contribution in [3.63, 3.8) is 0 Å². The normalized spacial score (nSPS) is 27.3. The molecule has 1 saturated carbocycles.